The second kappa shape index (κ2) is 9.84. The molecule has 0 aliphatic rings. The Bertz CT molecular complexity index is 495. The van der Waals surface area contributed by atoms with Gasteiger partial charge < -0.3 is 10.6 Å². The van der Waals surface area contributed by atoms with Gasteiger partial charge in [-0.3, -0.25) is 9.59 Å². The number of anilines is 1. The third-order valence-electron chi connectivity index (χ3n) is 2.73. The predicted molar refractivity (Wildman–Crippen MR) is 92.8 cm³/mol. The van der Waals surface area contributed by atoms with Crippen molar-refractivity contribution in [3.63, 3.8) is 0 Å². The number of aryl methyl sites for hydroxylation is 1. The predicted octanol–water partition coefficient (Wildman–Crippen LogP) is 3.35. The Morgan fingerprint density at radius 3 is 2.76 bits per heavy atom. The molecule has 0 fully saturated rings. The number of benzene rings is 1. The van der Waals surface area contributed by atoms with E-state index >= 15 is 0 Å². The van der Waals surface area contributed by atoms with E-state index in [0.717, 1.165) is 27.9 Å². The van der Waals surface area contributed by atoms with Gasteiger partial charge in [0.2, 0.25) is 11.8 Å². The number of carbonyl (C=O) groups excluding carboxylic acids is 2. The summed E-state index contributed by atoms with van der Waals surface area (Å²) in [4.78, 5) is 23.3. The van der Waals surface area contributed by atoms with Crippen molar-refractivity contribution in [2.24, 2.45) is 0 Å². The molecule has 1 aromatic carbocycles. The molecule has 2 N–H and O–H groups in total. The standard InChI is InChI=1S/C15H21BrN2O2S/c1-3-8-21-10-15(20)17-7-6-14(19)18-13-9-12(16)5-4-11(13)2/h4-5,9H,3,6-8,10H2,1-2H3,(H,17,20)(H,18,19). The van der Waals surface area contributed by atoms with Crippen LogP contribution in [0.15, 0.2) is 22.7 Å². The maximum Gasteiger partial charge on any atom is 0.230 e. The van der Waals surface area contributed by atoms with Gasteiger partial charge >= 0.3 is 0 Å². The van der Waals surface area contributed by atoms with Crippen molar-refractivity contribution in [1.29, 1.82) is 0 Å². The number of thioether (sulfide) groups is 1. The minimum absolute atomic E-state index is 0.0140. The fourth-order valence-corrected chi connectivity index (χ4v) is 2.70. The van der Waals surface area contributed by atoms with Crippen LogP contribution in [0.2, 0.25) is 0 Å². The van der Waals surface area contributed by atoms with E-state index in [1.807, 2.05) is 25.1 Å². The normalized spacial score (nSPS) is 10.2. The highest BCUT2D eigenvalue weighted by atomic mass is 79.9. The first-order valence-corrected chi connectivity index (χ1v) is 8.88. The lowest BCUT2D eigenvalue weighted by molar-refractivity contribution is -0.119. The number of nitrogens with one attached hydrogen (secondary N) is 2. The van der Waals surface area contributed by atoms with E-state index in [4.69, 9.17) is 0 Å². The van der Waals surface area contributed by atoms with Crippen LogP contribution >= 0.6 is 27.7 Å². The zero-order valence-electron chi connectivity index (χ0n) is 12.4. The monoisotopic (exact) mass is 372 g/mol. The van der Waals surface area contributed by atoms with E-state index < -0.39 is 0 Å². The van der Waals surface area contributed by atoms with E-state index in [1.165, 1.54) is 0 Å². The van der Waals surface area contributed by atoms with Gasteiger partial charge in [-0.1, -0.05) is 28.9 Å². The van der Waals surface area contributed by atoms with Crippen LogP contribution < -0.4 is 10.6 Å². The number of halogens is 1. The maximum absolute atomic E-state index is 11.8. The number of hydrogen-bond donors (Lipinski definition) is 2. The van der Waals surface area contributed by atoms with Crippen molar-refractivity contribution in [2.45, 2.75) is 26.7 Å². The summed E-state index contributed by atoms with van der Waals surface area (Å²) in [5.41, 5.74) is 1.80. The molecule has 0 aliphatic carbocycles. The number of hydrogen-bond acceptors (Lipinski definition) is 3. The average molecular weight is 373 g/mol. The molecule has 0 spiro atoms. The Balaban J connectivity index is 2.28. The Morgan fingerprint density at radius 2 is 2.05 bits per heavy atom. The van der Waals surface area contributed by atoms with Gasteiger partial charge in [0.25, 0.3) is 0 Å². The van der Waals surface area contributed by atoms with Crippen LogP contribution in [-0.4, -0.2) is 29.9 Å². The van der Waals surface area contributed by atoms with Gasteiger partial charge in [0.15, 0.2) is 0 Å². The first-order chi connectivity index (χ1) is 10.0. The third-order valence-corrected chi connectivity index (χ3v) is 4.39. The fraction of sp³-hybridized carbons (Fsp3) is 0.467. The topological polar surface area (TPSA) is 58.2 Å². The molecule has 0 radical (unpaired) electrons. The molecular formula is C15H21BrN2O2S. The average Bonchev–Trinajstić information content (AvgIpc) is 2.43. The van der Waals surface area contributed by atoms with E-state index in [0.29, 0.717) is 12.3 Å². The SMILES string of the molecule is CCCSCC(=O)NCCC(=O)Nc1cc(Br)ccc1C. The fourth-order valence-electron chi connectivity index (χ4n) is 1.62. The van der Waals surface area contributed by atoms with E-state index in [-0.39, 0.29) is 18.2 Å². The molecule has 0 atom stereocenters. The first kappa shape index (κ1) is 18.0. The number of rotatable bonds is 8. The van der Waals surface area contributed by atoms with Gasteiger partial charge in [0.05, 0.1) is 5.75 Å². The molecule has 116 valence electrons. The summed E-state index contributed by atoms with van der Waals surface area (Å²) >= 11 is 4.99. The minimum atomic E-state index is -0.0993. The molecule has 4 nitrogen and oxygen atoms in total. The van der Waals surface area contributed by atoms with Gasteiger partial charge in [-0.2, -0.15) is 11.8 Å². The third kappa shape index (κ3) is 7.52. The molecule has 21 heavy (non-hydrogen) atoms. The van der Waals surface area contributed by atoms with Crippen LogP contribution in [0.3, 0.4) is 0 Å². The van der Waals surface area contributed by atoms with Crippen molar-refractivity contribution in [1.82, 2.24) is 5.32 Å². The van der Waals surface area contributed by atoms with E-state index in [1.54, 1.807) is 11.8 Å². The zero-order valence-corrected chi connectivity index (χ0v) is 14.8. The smallest absolute Gasteiger partial charge is 0.230 e. The van der Waals surface area contributed by atoms with Crippen molar-refractivity contribution < 1.29 is 9.59 Å². The minimum Gasteiger partial charge on any atom is -0.355 e. The second-order valence-electron chi connectivity index (χ2n) is 4.66. The lowest BCUT2D eigenvalue weighted by Crippen LogP contribution is -2.29. The highest BCUT2D eigenvalue weighted by Crippen LogP contribution is 2.20. The summed E-state index contributed by atoms with van der Waals surface area (Å²) in [6.07, 6.45) is 1.34. The molecule has 0 saturated carbocycles. The lowest BCUT2D eigenvalue weighted by atomic mass is 10.2. The van der Waals surface area contributed by atoms with Crippen LogP contribution in [0.5, 0.6) is 0 Å². The molecule has 1 aromatic rings. The van der Waals surface area contributed by atoms with Crippen molar-refractivity contribution >= 4 is 45.2 Å². The molecule has 0 aliphatic heterocycles. The molecule has 0 bridgehead atoms. The Kier molecular flexibility index (Phi) is 8.45. The van der Waals surface area contributed by atoms with Crippen LogP contribution in [0.25, 0.3) is 0 Å². The van der Waals surface area contributed by atoms with Gasteiger partial charge in [0, 0.05) is 23.1 Å². The quantitative estimate of drug-likeness (QED) is 0.687. The summed E-state index contributed by atoms with van der Waals surface area (Å²) in [6.45, 7) is 4.39. The molecule has 0 unspecified atom stereocenters. The van der Waals surface area contributed by atoms with E-state index in [9.17, 15) is 9.59 Å². The highest BCUT2D eigenvalue weighted by molar-refractivity contribution is 9.10. The largest absolute Gasteiger partial charge is 0.355 e. The Morgan fingerprint density at radius 1 is 1.29 bits per heavy atom. The van der Waals surface area contributed by atoms with Gasteiger partial charge in [-0.25, -0.2) is 0 Å². The number of amides is 2. The molecular weight excluding hydrogens is 352 g/mol. The molecule has 0 heterocycles. The molecule has 0 saturated heterocycles. The summed E-state index contributed by atoms with van der Waals surface area (Å²) in [5.74, 6) is 1.33. The zero-order chi connectivity index (χ0) is 15.7. The van der Waals surface area contributed by atoms with Gasteiger partial charge in [0.1, 0.15) is 0 Å². The Labute approximate surface area is 138 Å². The summed E-state index contributed by atoms with van der Waals surface area (Å²) < 4.78 is 0.921. The molecule has 1 rings (SSSR count). The first-order valence-electron chi connectivity index (χ1n) is 6.93. The lowest BCUT2D eigenvalue weighted by Gasteiger charge is -2.09. The van der Waals surface area contributed by atoms with E-state index in [2.05, 4.69) is 33.5 Å². The van der Waals surface area contributed by atoms with Crippen molar-refractivity contribution in [3.8, 4) is 0 Å². The van der Waals surface area contributed by atoms with Crippen molar-refractivity contribution in [3.05, 3.63) is 28.2 Å². The van der Waals surface area contributed by atoms with Gasteiger partial charge in [-0.15, -0.1) is 0 Å². The second-order valence-corrected chi connectivity index (χ2v) is 6.68. The number of carbonyl (C=O) groups is 2. The molecule has 6 heteroatoms. The summed E-state index contributed by atoms with van der Waals surface area (Å²) in [6, 6.07) is 5.73. The molecule has 0 aromatic heterocycles. The highest BCUT2D eigenvalue weighted by Gasteiger charge is 2.06. The van der Waals surface area contributed by atoms with Crippen LogP contribution in [-0.2, 0) is 9.59 Å². The van der Waals surface area contributed by atoms with Crippen molar-refractivity contribution in [2.75, 3.05) is 23.4 Å². The van der Waals surface area contributed by atoms with Crippen LogP contribution in [0.1, 0.15) is 25.3 Å². The summed E-state index contributed by atoms with van der Waals surface area (Å²) in [5, 5.41) is 5.61. The Hall–Kier alpha value is -1.01. The van der Waals surface area contributed by atoms with Crippen LogP contribution in [0.4, 0.5) is 5.69 Å². The summed E-state index contributed by atoms with van der Waals surface area (Å²) in [7, 11) is 0. The van der Waals surface area contributed by atoms with Crippen LogP contribution in [0, 0.1) is 6.92 Å². The molecule has 2 amide bonds. The van der Waals surface area contributed by atoms with Gasteiger partial charge in [-0.05, 0) is 36.8 Å². The maximum atomic E-state index is 11.8.